The van der Waals surface area contributed by atoms with Gasteiger partial charge in [0.15, 0.2) is 6.10 Å². The predicted molar refractivity (Wildman–Crippen MR) is 133 cm³/mol. The van der Waals surface area contributed by atoms with Gasteiger partial charge in [-0.2, -0.15) is 13.2 Å². The van der Waals surface area contributed by atoms with Crippen LogP contribution in [0.25, 0.3) is 0 Å². The monoisotopic (exact) mass is 572 g/mol. The molecule has 214 valence electrons. The molecule has 1 aliphatic rings. The Balaban J connectivity index is 1.73. The maximum Gasteiger partial charge on any atom is 0.428 e. The number of halogens is 3. The molecule has 0 spiro atoms. The molecular formula is C29H23F3O9. The van der Waals surface area contributed by atoms with Crippen LogP contribution in [-0.4, -0.2) is 60.8 Å². The first-order chi connectivity index (χ1) is 19.5. The van der Waals surface area contributed by atoms with Crippen molar-refractivity contribution in [2.45, 2.75) is 43.8 Å². The molecule has 2 unspecified atom stereocenters. The molecule has 1 heterocycles. The number of esters is 4. The third kappa shape index (κ3) is 7.28. The SMILES string of the molecule is CC(=O)OC1O[C@H](C(OC(=O)c2ccccc2)C(F)(F)F)[C@@H](OC(=O)c2ccccc2)[C@H]1OC(=O)c1ccccc1. The van der Waals surface area contributed by atoms with Crippen LogP contribution in [0.5, 0.6) is 0 Å². The maximum absolute atomic E-state index is 14.4. The second-order valence-corrected chi connectivity index (χ2v) is 8.78. The molecule has 0 aliphatic carbocycles. The first-order valence-electron chi connectivity index (χ1n) is 12.2. The van der Waals surface area contributed by atoms with E-state index < -0.39 is 60.8 Å². The van der Waals surface area contributed by atoms with Gasteiger partial charge in [0.1, 0.15) is 6.10 Å². The molecule has 0 aromatic heterocycles. The molecule has 5 atom stereocenters. The fourth-order valence-electron chi connectivity index (χ4n) is 4.02. The third-order valence-corrected chi connectivity index (χ3v) is 5.86. The van der Waals surface area contributed by atoms with Crippen LogP contribution in [0.2, 0.25) is 0 Å². The molecule has 41 heavy (non-hydrogen) atoms. The van der Waals surface area contributed by atoms with Crippen molar-refractivity contribution < 1.29 is 56.0 Å². The first-order valence-corrected chi connectivity index (χ1v) is 12.2. The van der Waals surface area contributed by atoms with Crippen molar-refractivity contribution in [2.75, 3.05) is 0 Å². The summed E-state index contributed by atoms with van der Waals surface area (Å²) in [5.41, 5.74) is -0.227. The van der Waals surface area contributed by atoms with Crippen molar-refractivity contribution in [3.63, 3.8) is 0 Å². The molecule has 4 rings (SSSR count). The van der Waals surface area contributed by atoms with Crippen molar-refractivity contribution in [1.82, 2.24) is 0 Å². The van der Waals surface area contributed by atoms with Crippen molar-refractivity contribution in [2.24, 2.45) is 0 Å². The van der Waals surface area contributed by atoms with Gasteiger partial charge in [0.05, 0.1) is 16.7 Å². The second-order valence-electron chi connectivity index (χ2n) is 8.78. The fraction of sp³-hybridized carbons (Fsp3) is 0.241. The molecule has 1 saturated heterocycles. The van der Waals surface area contributed by atoms with E-state index >= 15 is 0 Å². The van der Waals surface area contributed by atoms with Gasteiger partial charge in [-0.05, 0) is 36.4 Å². The average Bonchev–Trinajstić information content (AvgIpc) is 3.27. The van der Waals surface area contributed by atoms with E-state index in [9.17, 15) is 32.3 Å². The lowest BCUT2D eigenvalue weighted by Crippen LogP contribution is -2.51. The van der Waals surface area contributed by atoms with Crippen molar-refractivity contribution in [3.8, 4) is 0 Å². The standard InChI is InChI=1S/C29H23F3O9/c1-17(33)37-28-23(39-26(35)19-13-7-3-8-14-19)21(38-25(34)18-11-5-2-6-12-18)22(40-28)24(29(30,31)32)41-27(36)20-15-9-4-10-16-20/h2-16,21-24,28H,1H3/t21-,22+,23-,24?,28?/m1/s1. The normalized spacial score (nSPS) is 20.9. The molecule has 9 nitrogen and oxygen atoms in total. The molecule has 0 radical (unpaired) electrons. The van der Waals surface area contributed by atoms with Crippen molar-refractivity contribution in [1.29, 1.82) is 0 Å². The summed E-state index contributed by atoms with van der Waals surface area (Å²) >= 11 is 0. The highest BCUT2D eigenvalue weighted by Gasteiger charge is 2.61. The highest BCUT2D eigenvalue weighted by atomic mass is 19.4. The first kappa shape index (κ1) is 29.3. The zero-order valence-electron chi connectivity index (χ0n) is 21.4. The van der Waals surface area contributed by atoms with E-state index in [1.54, 1.807) is 18.2 Å². The van der Waals surface area contributed by atoms with E-state index in [0.29, 0.717) is 0 Å². The second kappa shape index (κ2) is 12.6. The van der Waals surface area contributed by atoms with E-state index in [0.717, 1.165) is 6.92 Å². The van der Waals surface area contributed by atoms with E-state index in [1.165, 1.54) is 72.8 Å². The Hall–Kier alpha value is -4.71. The van der Waals surface area contributed by atoms with Crippen LogP contribution in [0.3, 0.4) is 0 Å². The van der Waals surface area contributed by atoms with E-state index in [-0.39, 0.29) is 16.7 Å². The zero-order valence-corrected chi connectivity index (χ0v) is 21.4. The summed E-state index contributed by atoms with van der Waals surface area (Å²) in [7, 11) is 0. The summed E-state index contributed by atoms with van der Waals surface area (Å²) in [6.45, 7) is 0.953. The number of carbonyl (C=O) groups excluding carboxylic acids is 4. The molecule has 0 N–H and O–H groups in total. The number of rotatable bonds is 8. The van der Waals surface area contributed by atoms with Crippen LogP contribution < -0.4 is 0 Å². The van der Waals surface area contributed by atoms with E-state index in [2.05, 4.69) is 0 Å². The molecule has 0 amide bonds. The molecule has 1 aliphatic heterocycles. The molecule has 1 fully saturated rings. The van der Waals surface area contributed by atoms with Crippen molar-refractivity contribution >= 4 is 23.9 Å². The van der Waals surface area contributed by atoms with Crippen LogP contribution in [0.4, 0.5) is 13.2 Å². The van der Waals surface area contributed by atoms with Gasteiger partial charge in [0.25, 0.3) is 0 Å². The average molecular weight is 572 g/mol. The van der Waals surface area contributed by atoms with Gasteiger partial charge in [0, 0.05) is 6.92 Å². The minimum Gasteiger partial charge on any atom is -0.452 e. The topological polar surface area (TPSA) is 114 Å². The van der Waals surface area contributed by atoms with Gasteiger partial charge in [0.2, 0.25) is 18.5 Å². The summed E-state index contributed by atoms with van der Waals surface area (Å²) < 4.78 is 69.3. The third-order valence-electron chi connectivity index (χ3n) is 5.86. The fourth-order valence-corrected chi connectivity index (χ4v) is 4.02. The molecule has 0 bridgehead atoms. The summed E-state index contributed by atoms with van der Waals surface area (Å²) in [5, 5.41) is 0. The lowest BCUT2D eigenvalue weighted by atomic mass is 10.0. The largest absolute Gasteiger partial charge is 0.452 e. The Morgan fingerprint density at radius 3 is 1.49 bits per heavy atom. The van der Waals surface area contributed by atoms with Gasteiger partial charge < -0.3 is 23.7 Å². The summed E-state index contributed by atoms with van der Waals surface area (Å²) in [5.74, 6) is -4.46. The number of hydrogen-bond donors (Lipinski definition) is 0. The Morgan fingerprint density at radius 2 is 1.07 bits per heavy atom. The smallest absolute Gasteiger partial charge is 0.428 e. The molecular weight excluding hydrogens is 549 g/mol. The number of alkyl halides is 3. The number of carbonyl (C=O) groups is 4. The van der Waals surface area contributed by atoms with Crippen LogP contribution in [0, 0.1) is 0 Å². The molecule has 3 aromatic carbocycles. The van der Waals surface area contributed by atoms with E-state index in [4.69, 9.17) is 23.7 Å². The van der Waals surface area contributed by atoms with Gasteiger partial charge in [-0.15, -0.1) is 0 Å². The Bertz CT molecular complexity index is 1360. The summed E-state index contributed by atoms with van der Waals surface area (Å²) in [6, 6.07) is 21.6. The summed E-state index contributed by atoms with van der Waals surface area (Å²) in [6.07, 6.45) is -16.4. The van der Waals surface area contributed by atoms with Gasteiger partial charge in [-0.1, -0.05) is 54.6 Å². The Labute approximate surface area is 231 Å². The minimum atomic E-state index is -5.26. The molecule has 12 heteroatoms. The Kier molecular flexibility index (Phi) is 9.03. The Morgan fingerprint density at radius 1 is 0.659 bits per heavy atom. The van der Waals surface area contributed by atoms with Gasteiger partial charge >= 0.3 is 30.1 Å². The highest BCUT2D eigenvalue weighted by molar-refractivity contribution is 5.91. The van der Waals surface area contributed by atoms with Gasteiger partial charge in [-0.25, -0.2) is 14.4 Å². The number of benzene rings is 3. The van der Waals surface area contributed by atoms with Crippen LogP contribution >= 0.6 is 0 Å². The van der Waals surface area contributed by atoms with Crippen LogP contribution in [0.15, 0.2) is 91.0 Å². The predicted octanol–water partition coefficient (Wildman–Crippen LogP) is 4.51. The molecule has 0 saturated carbocycles. The molecule has 3 aromatic rings. The highest BCUT2D eigenvalue weighted by Crippen LogP contribution is 2.38. The maximum atomic E-state index is 14.4. The number of ether oxygens (including phenoxy) is 5. The quantitative estimate of drug-likeness (QED) is 0.284. The minimum absolute atomic E-state index is 0.00791. The van der Waals surface area contributed by atoms with E-state index in [1.807, 2.05) is 0 Å². The number of hydrogen-bond acceptors (Lipinski definition) is 9. The van der Waals surface area contributed by atoms with Crippen LogP contribution in [-0.2, 0) is 28.5 Å². The van der Waals surface area contributed by atoms with Crippen molar-refractivity contribution in [3.05, 3.63) is 108 Å². The van der Waals surface area contributed by atoms with Gasteiger partial charge in [-0.3, -0.25) is 4.79 Å². The lowest BCUT2D eigenvalue weighted by molar-refractivity contribution is -0.252. The van der Waals surface area contributed by atoms with Crippen LogP contribution in [0.1, 0.15) is 38.0 Å². The lowest BCUT2D eigenvalue weighted by Gasteiger charge is -2.29. The summed E-state index contributed by atoms with van der Waals surface area (Å²) in [4.78, 5) is 50.4. The zero-order chi connectivity index (χ0) is 29.6.